The molecule has 0 N–H and O–H groups in total. The first-order valence-electron chi connectivity index (χ1n) is 2.50. The van der Waals surface area contributed by atoms with Crippen LogP contribution in [0, 0.1) is 11.3 Å². The van der Waals surface area contributed by atoms with Crippen LogP contribution in [0.4, 0.5) is 0 Å². The molecule has 1 heterocycles. The van der Waals surface area contributed by atoms with Crippen LogP contribution in [0.3, 0.4) is 0 Å². The number of hydrogen-bond donors (Lipinski definition) is 0. The highest BCUT2D eigenvalue weighted by atomic mass is 16.6. The molecule has 0 aliphatic rings. The van der Waals surface area contributed by atoms with Gasteiger partial charge in [0.25, 0.3) is 0 Å². The molecule has 1 aromatic heterocycles. The third-order valence-corrected chi connectivity index (χ3v) is 1.02. The Morgan fingerprint density at radius 2 is 2.56 bits per heavy atom. The highest BCUT2D eigenvalue weighted by Crippen LogP contribution is 1.95. The van der Waals surface area contributed by atoms with Crippen LogP contribution >= 0.6 is 0 Å². The predicted octanol–water partition coefficient (Wildman–Crippen LogP) is 0.418. The summed E-state index contributed by atoms with van der Waals surface area (Å²) in [5.41, 5.74) is 0.512. The molecule has 0 aromatic carbocycles. The van der Waals surface area contributed by atoms with Crippen molar-refractivity contribution < 1.29 is 4.84 Å². The molecule has 0 aliphatic heterocycles. The van der Waals surface area contributed by atoms with Crippen molar-refractivity contribution in [2.45, 2.75) is 0 Å². The standard InChI is InChI=1S/C6H6N2O/c1-9-8-4-2-3-6(8)5-7/h2-4H,1H3. The smallest absolute Gasteiger partial charge is 0.156 e. The van der Waals surface area contributed by atoms with Crippen molar-refractivity contribution in [1.82, 2.24) is 4.73 Å². The fourth-order valence-electron chi connectivity index (χ4n) is 0.612. The summed E-state index contributed by atoms with van der Waals surface area (Å²) in [5.74, 6) is 0. The van der Waals surface area contributed by atoms with Crippen LogP contribution in [0.2, 0.25) is 0 Å². The predicted molar refractivity (Wildman–Crippen MR) is 31.7 cm³/mol. The van der Waals surface area contributed by atoms with Crippen LogP contribution in [-0.2, 0) is 0 Å². The summed E-state index contributed by atoms with van der Waals surface area (Å²) >= 11 is 0. The van der Waals surface area contributed by atoms with Crippen LogP contribution in [0.15, 0.2) is 18.3 Å². The highest BCUT2D eigenvalue weighted by molar-refractivity contribution is 5.20. The Morgan fingerprint density at radius 3 is 3.00 bits per heavy atom. The molecular formula is C6H6N2O. The number of hydrogen-bond acceptors (Lipinski definition) is 2. The molecule has 0 atom stereocenters. The third-order valence-electron chi connectivity index (χ3n) is 1.02. The Hall–Kier alpha value is -1.43. The van der Waals surface area contributed by atoms with Gasteiger partial charge in [-0.2, -0.15) is 9.99 Å². The van der Waals surface area contributed by atoms with Gasteiger partial charge in [0.05, 0.1) is 0 Å². The van der Waals surface area contributed by atoms with Gasteiger partial charge < -0.3 is 4.84 Å². The van der Waals surface area contributed by atoms with Crippen molar-refractivity contribution in [2.24, 2.45) is 0 Å². The molecule has 0 spiro atoms. The Kier molecular flexibility index (Phi) is 1.41. The molecule has 9 heavy (non-hydrogen) atoms. The van der Waals surface area contributed by atoms with Crippen LogP contribution in [0.25, 0.3) is 0 Å². The molecule has 0 amide bonds. The van der Waals surface area contributed by atoms with E-state index in [2.05, 4.69) is 0 Å². The lowest BCUT2D eigenvalue weighted by Gasteiger charge is -1.97. The summed E-state index contributed by atoms with van der Waals surface area (Å²) in [7, 11) is 1.51. The molecule has 0 saturated carbocycles. The zero-order chi connectivity index (χ0) is 6.69. The first kappa shape index (κ1) is 5.70. The molecule has 0 fully saturated rings. The first-order valence-corrected chi connectivity index (χ1v) is 2.50. The molecule has 1 rings (SSSR count). The number of nitriles is 1. The van der Waals surface area contributed by atoms with Crippen molar-refractivity contribution >= 4 is 0 Å². The number of nitrogens with zero attached hydrogens (tertiary/aromatic N) is 2. The van der Waals surface area contributed by atoms with Gasteiger partial charge in [-0.05, 0) is 12.1 Å². The fourth-order valence-corrected chi connectivity index (χ4v) is 0.612. The normalized spacial score (nSPS) is 8.44. The Bertz CT molecular complexity index is 233. The van der Waals surface area contributed by atoms with Crippen LogP contribution < -0.4 is 4.84 Å². The molecule has 0 unspecified atom stereocenters. The first-order chi connectivity index (χ1) is 4.38. The van der Waals surface area contributed by atoms with Crippen molar-refractivity contribution in [2.75, 3.05) is 7.11 Å². The molecule has 0 aliphatic carbocycles. The zero-order valence-electron chi connectivity index (χ0n) is 5.03. The zero-order valence-corrected chi connectivity index (χ0v) is 5.03. The monoisotopic (exact) mass is 122 g/mol. The van der Waals surface area contributed by atoms with Crippen molar-refractivity contribution in [3.8, 4) is 6.07 Å². The van der Waals surface area contributed by atoms with E-state index in [1.807, 2.05) is 6.07 Å². The van der Waals surface area contributed by atoms with Gasteiger partial charge in [0.15, 0.2) is 5.69 Å². The second-order valence-corrected chi connectivity index (χ2v) is 1.51. The fraction of sp³-hybridized carbons (Fsp3) is 0.167. The SMILES string of the molecule is COn1cccc1C#N. The van der Waals surface area contributed by atoms with Crippen molar-refractivity contribution in [1.29, 1.82) is 5.26 Å². The molecule has 1 aromatic rings. The van der Waals surface area contributed by atoms with Crippen molar-refractivity contribution in [3.63, 3.8) is 0 Å². The van der Waals surface area contributed by atoms with Gasteiger partial charge in [-0.25, -0.2) is 0 Å². The lowest BCUT2D eigenvalue weighted by Crippen LogP contribution is -2.05. The van der Waals surface area contributed by atoms with E-state index in [1.165, 1.54) is 11.8 Å². The lowest BCUT2D eigenvalue weighted by molar-refractivity contribution is 0.166. The molecule has 46 valence electrons. The summed E-state index contributed by atoms with van der Waals surface area (Å²) < 4.78 is 1.40. The van der Waals surface area contributed by atoms with Gasteiger partial charge in [-0.1, -0.05) is 0 Å². The second-order valence-electron chi connectivity index (χ2n) is 1.51. The Morgan fingerprint density at radius 1 is 1.78 bits per heavy atom. The van der Waals surface area contributed by atoms with E-state index >= 15 is 0 Å². The summed E-state index contributed by atoms with van der Waals surface area (Å²) in [6.07, 6.45) is 1.68. The topological polar surface area (TPSA) is 38.0 Å². The van der Waals surface area contributed by atoms with E-state index in [9.17, 15) is 0 Å². The Labute approximate surface area is 53.0 Å². The number of aromatic nitrogens is 1. The molecule has 0 saturated heterocycles. The maximum absolute atomic E-state index is 8.39. The Balaban J connectivity index is 3.02. The summed E-state index contributed by atoms with van der Waals surface area (Å²) in [5, 5.41) is 8.39. The van der Waals surface area contributed by atoms with Crippen LogP contribution in [-0.4, -0.2) is 11.8 Å². The minimum absolute atomic E-state index is 0.512. The minimum atomic E-state index is 0.512. The summed E-state index contributed by atoms with van der Waals surface area (Å²) in [6.45, 7) is 0. The average molecular weight is 122 g/mol. The third kappa shape index (κ3) is 0.868. The van der Waals surface area contributed by atoms with E-state index in [1.54, 1.807) is 18.3 Å². The molecule has 0 radical (unpaired) electrons. The minimum Gasteiger partial charge on any atom is -0.416 e. The van der Waals surface area contributed by atoms with E-state index in [0.717, 1.165) is 0 Å². The van der Waals surface area contributed by atoms with Gasteiger partial charge in [-0.3, -0.25) is 0 Å². The lowest BCUT2D eigenvalue weighted by atomic mass is 10.5. The molecule has 3 nitrogen and oxygen atoms in total. The van der Waals surface area contributed by atoms with E-state index in [4.69, 9.17) is 10.1 Å². The summed E-state index contributed by atoms with van der Waals surface area (Å²) in [4.78, 5) is 4.77. The van der Waals surface area contributed by atoms with Gasteiger partial charge in [0.1, 0.15) is 13.2 Å². The van der Waals surface area contributed by atoms with Crippen LogP contribution in [0.1, 0.15) is 5.69 Å². The van der Waals surface area contributed by atoms with E-state index in [-0.39, 0.29) is 0 Å². The van der Waals surface area contributed by atoms with Gasteiger partial charge in [-0.15, -0.1) is 0 Å². The quantitative estimate of drug-likeness (QED) is 0.541. The van der Waals surface area contributed by atoms with Gasteiger partial charge in [0.2, 0.25) is 0 Å². The highest BCUT2D eigenvalue weighted by Gasteiger charge is 1.94. The average Bonchev–Trinajstić information content (AvgIpc) is 2.33. The molecule has 3 heteroatoms. The second kappa shape index (κ2) is 2.23. The summed E-state index contributed by atoms with van der Waals surface area (Å²) in [6, 6.07) is 5.40. The van der Waals surface area contributed by atoms with Gasteiger partial charge in [0, 0.05) is 6.20 Å². The largest absolute Gasteiger partial charge is 0.416 e. The van der Waals surface area contributed by atoms with Crippen LogP contribution in [0.5, 0.6) is 0 Å². The van der Waals surface area contributed by atoms with E-state index < -0.39 is 0 Å². The maximum Gasteiger partial charge on any atom is 0.156 e. The van der Waals surface area contributed by atoms with Crippen molar-refractivity contribution in [3.05, 3.63) is 24.0 Å². The maximum atomic E-state index is 8.39. The number of rotatable bonds is 1. The van der Waals surface area contributed by atoms with E-state index in [0.29, 0.717) is 5.69 Å². The molecular weight excluding hydrogens is 116 g/mol. The van der Waals surface area contributed by atoms with Gasteiger partial charge >= 0.3 is 0 Å². The molecule has 0 bridgehead atoms.